The van der Waals surface area contributed by atoms with Gasteiger partial charge < -0.3 is 14.8 Å². The molecule has 0 bridgehead atoms. The normalized spacial score (nSPS) is 10.0. The second-order valence-electron chi connectivity index (χ2n) is 3.11. The van der Waals surface area contributed by atoms with E-state index >= 15 is 0 Å². The molecular weight excluding hydrogens is 226 g/mol. The Balaban J connectivity index is 3.59. The van der Waals surface area contributed by atoms with E-state index in [-0.39, 0.29) is 13.2 Å². The number of hydrogen-bond acceptors (Lipinski definition) is 5. The molecule has 6 heteroatoms. The number of carbonyl (C=O) groups is 3. The van der Waals surface area contributed by atoms with Gasteiger partial charge in [0.2, 0.25) is 0 Å². The second-order valence-corrected chi connectivity index (χ2v) is 3.11. The Hall–Kier alpha value is -1.85. The van der Waals surface area contributed by atoms with E-state index in [1.165, 1.54) is 0 Å². The smallest absolute Gasteiger partial charge is 0.396 e. The number of methoxy groups -OCH3 is 1. The van der Waals surface area contributed by atoms with Crippen LogP contribution in [0.1, 0.15) is 19.8 Å². The van der Waals surface area contributed by atoms with Gasteiger partial charge in [-0.25, -0.2) is 4.79 Å². The molecule has 17 heavy (non-hydrogen) atoms. The van der Waals surface area contributed by atoms with Crippen molar-refractivity contribution in [1.29, 1.82) is 0 Å². The first-order chi connectivity index (χ1) is 8.11. The van der Waals surface area contributed by atoms with Crippen LogP contribution in [-0.4, -0.2) is 38.1 Å². The molecule has 0 heterocycles. The maximum absolute atomic E-state index is 11.1. The van der Waals surface area contributed by atoms with Gasteiger partial charge in [0, 0.05) is 0 Å². The number of amides is 1. The largest absolute Gasteiger partial charge is 0.464 e. The lowest BCUT2D eigenvalue weighted by Gasteiger charge is -2.04. The number of rotatable bonds is 6. The van der Waals surface area contributed by atoms with Crippen molar-refractivity contribution in [2.45, 2.75) is 19.8 Å². The molecule has 0 aliphatic heterocycles. The maximum Gasteiger partial charge on any atom is 0.396 e. The van der Waals surface area contributed by atoms with Gasteiger partial charge in [-0.1, -0.05) is 12.2 Å². The summed E-state index contributed by atoms with van der Waals surface area (Å²) in [4.78, 5) is 32.6. The fraction of sp³-hybridized carbons (Fsp3) is 0.545. The Morgan fingerprint density at radius 1 is 1.29 bits per heavy atom. The summed E-state index contributed by atoms with van der Waals surface area (Å²) < 4.78 is 8.97. The fourth-order valence-corrected chi connectivity index (χ4v) is 0.922. The molecule has 1 amide bonds. The van der Waals surface area contributed by atoms with E-state index in [2.05, 4.69) is 10.1 Å². The number of hydrogen-bond donors (Lipinski definition) is 1. The molecule has 6 nitrogen and oxygen atoms in total. The number of unbranched alkanes of at least 4 members (excludes halogenated alkanes) is 1. The van der Waals surface area contributed by atoms with Crippen molar-refractivity contribution >= 4 is 17.8 Å². The van der Waals surface area contributed by atoms with Gasteiger partial charge in [-0.2, -0.15) is 0 Å². The van der Waals surface area contributed by atoms with Crippen molar-refractivity contribution in [2.75, 3.05) is 20.3 Å². The molecule has 0 aromatic rings. The molecule has 0 spiro atoms. The number of ether oxygens (including phenoxy) is 2. The first-order valence-electron chi connectivity index (χ1n) is 5.24. The van der Waals surface area contributed by atoms with Crippen LogP contribution < -0.4 is 5.32 Å². The van der Waals surface area contributed by atoms with Gasteiger partial charge in [0.1, 0.15) is 6.54 Å². The lowest BCUT2D eigenvalue weighted by molar-refractivity contribution is -0.153. The Labute approximate surface area is 100.0 Å². The maximum atomic E-state index is 11.1. The zero-order valence-corrected chi connectivity index (χ0v) is 10.0. The molecule has 0 radical (unpaired) electrons. The summed E-state index contributed by atoms with van der Waals surface area (Å²) in [5.41, 5.74) is 0. The SMILES string of the molecule is CC=CCCCOC(=O)CNC(=O)C(=O)OC. The minimum atomic E-state index is -1.04. The molecular formula is C11H17NO5. The van der Waals surface area contributed by atoms with Gasteiger partial charge in [-0.3, -0.25) is 9.59 Å². The van der Waals surface area contributed by atoms with E-state index in [0.717, 1.165) is 20.0 Å². The molecule has 0 unspecified atom stereocenters. The van der Waals surface area contributed by atoms with Crippen molar-refractivity contribution in [1.82, 2.24) is 5.32 Å². The monoisotopic (exact) mass is 243 g/mol. The van der Waals surface area contributed by atoms with E-state index < -0.39 is 17.8 Å². The van der Waals surface area contributed by atoms with Crippen LogP contribution in [0.25, 0.3) is 0 Å². The summed E-state index contributed by atoms with van der Waals surface area (Å²) in [6.07, 6.45) is 5.44. The topological polar surface area (TPSA) is 81.7 Å². The average Bonchev–Trinajstić information content (AvgIpc) is 2.34. The Morgan fingerprint density at radius 2 is 2.00 bits per heavy atom. The van der Waals surface area contributed by atoms with Crippen LogP contribution in [0.2, 0.25) is 0 Å². The van der Waals surface area contributed by atoms with Gasteiger partial charge in [-0.15, -0.1) is 0 Å². The summed E-state index contributed by atoms with van der Waals surface area (Å²) in [6.45, 7) is 1.86. The van der Waals surface area contributed by atoms with Crippen LogP contribution in [0.4, 0.5) is 0 Å². The number of nitrogens with one attached hydrogen (secondary N) is 1. The van der Waals surface area contributed by atoms with E-state index in [0.29, 0.717) is 0 Å². The highest BCUT2D eigenvalue weighted by atomic mass is 16.5. The van der Waals surface area contributed by atoms with E-state index in [1.807, 2.05) is 19.1 Å². The van der Waals surface area contributed by atoms with Crippen molar-refractivity contribution in [2.24, 2.45) is 0 Å². The molecule has 0 rings (SSSR count). The van der Waals surface area contributed by atoms with Crippen LogP contribution in [0.3, 0.4) is 0 Å². The Kier molecular flexibility index (Phi) is 8.36. The first kappa shape index (κ1) is 15.2. The molecule has 0 saturated heterocycles. The quantitative estimate of drug-likeness (QED) is 0.311. The van der Waals surface area contributed by atoms with Crippen LogP contribution >= 0.6 is 0 Å². The molecule has 0 atom stereocenters. The number of esters is 2. The summed E-state index contributed by atoms with van der Waals surface area (Å²) in [6, 6.07) is 0. The predicted octanol–water partition coefficient (Wildman–Crippen LogP) is 0.175. The zero-order chi connectivity index (χ0) is 13.1. The van der Waals surface area contributed by atoms with Crippen molar-refractivity contribution in [3.8, 4) is 0 Å². The number of carbonyl (C=O) groups excluding carboxylic acids is 3. The fourth-order valence-electron chi connectivity index (χ4n) is 0.922. The molecule has 0 saturated carbocycles. The summed E-state index contributed by atoms with van der Waals surface area (Å²) in [5, 5.41) is 2.08. The minimum absolute atomic E-state index is 0.289. The van der Waals surface area contributed by atoms with Gasteiger partial charge in [-0.05, 0) is 19.8 Å². The highest BCUT2D eigenvalue weighted by Crippen LogP contribution is 1.92. The van der Waals surface area contributed by atoms with Crippen molar-refractivity contribution < 1.29 is 23.9 Å². The van der Waals surface area contributed by atoms with Gasteiger partial charge in [0.05, 0.1) is 13.7 Å². The van der Waals surface area contributed by atoms with E-state index in [1.54, 1.807) is 0 Å². The molecule has 1 N–H and O–H groups in total. The summed E-state index contributed by atoms with van der Waals surface area (Å²) in [5.74, 6) is -2.58. The van der Waals surface area contributed by atoms with Crippen molar-refractivity contribution in [3.63, 3.8) is 0 Å². The third-order valence-electron chi connectivity index (χ3n) is 1.78. The van der Waals surface area contributed by atoms with Crippen LogP contribution in [0.5, 0.6) is 0 Å². The molecule has 0 aliphatic carbocycles. The second kappa shape index (κ2) is 9.38. The highest BCUT2D eigenvalue weighted by molar-refractivity contribution is 6.32. The molecule has 0 fully saturated rings. The van der Waals surface area contributed by atoms with E-state index in [9.17, 15) is 14.4 Å². The van der Waals surface area contributed by atoms with Gasteiger partial charge >= 0.3 is 17.8 Å². The molecule has 0 aliphatic rings. The third kappa shape index (κ3) is 8.01. The number of allylic oxidation sites excluding steroid dienone is 2. The predicted molar refractivity (Wildman–Crippen MR) is 60.0 cm³/mol. The van der Waals surface area contributed by atoms with Crippen LogP contribution in [0, 0.1) is 0 Å². The molecule has 0 aromatic carbocycles. The minimum Gasteiger partial charge on any atom is -0.464 e. The van der Waals surface area contributed by atoms with Crippen LogP contribution in [-0.2, 0) is 23.9 Å². The summed E-state index contributed by atoms with van der Waals surface area (Å²) >= 11 is 0. The zero-order valence-electron chi connectivity index (χ0n) is 10.0. The Morgan fingerprint density at radius 3 is 2.59 bits per heavy atom. The van der Waals surface area contributed by atoms with Gasteiger partial charge in [0.15, 0.2) is 0 Å². The lowest BCUT2D eigenvalue weighted by Crippen LogP contribution is -2.36. The highest BCUT2D eigenvalue weighted by Gasteiger charge is 2.14. The lowest BCUT2D eigenvalue weighted by atomic mass is 10.3. The summed E-state index contributed by atoms with van der Waals surface area (Å²) in [7, 11) is 1.08. The first-order valence-corrected chi connectivity index (χ1v) is 5.24. The van der Waals surface area contributed by atoms with Gasteiger partial charge in [0.25, 0.3) is 0 Å². The van der Waals surface area contributed by atoms with Crippen LogP contribution in [0.15, 0.2) is 12.2 Å². The average molecular weight is 243 g/mol. The Bertz CT molecular complexity index is 298. The standard InChI is InChI=1S/C11H17NO5/c1-3-4-5-6-7-17-9(13)8-12-10(14)11(15)16-2/h3-4H,5-8H2,1-2H3,(H,12,14). The third-order valence-corrected chi connectivity index (χ3v) is 1.78. The molecule has 0 aromatic heterocycles. The van der Waals surface area contributed by atoms with Crippen molar-refractivity contribution in [3.05, 3.63) is 12.2 Å². The van der Waals surface area contributed by atoms with E-state index in [4.69, 9.17) is 4.74 Å². The molecule has 96 valence electrons.